The number of aliphatic hydroxyl groups excluding tert-OH is 2. The summed E-state index contributed by atoms with van der Waals surface area (Å²) in [5, 5.41) is 73.6. The highest BCUT2D eigenvalue weighted by molar-refractivity contribution is 7.86. The number of azo groups is 3. The number of phenolic OH excluding ortho intramolecular Hbond substituents is 1. The summed E-state index contributed by atoms with van der Waals surface area (Å²) in [5.74, 6) is -4.12. The van der Waals surface area contributed by atoms with Crippen molar-refractivity contribution in [3.8, 4) is 22.9 Å². The Morgan fingerprint density at radius 3 is 1.79 bits per heavy atom. The van der Waals surface area contributed by atoms with Gasteiger partial charge in [-0.2, -0.15) is 38.4 Å². The van der Waals surface area contributed by atoms with Crippen LogP contribution in [0, 0.1) is 10.1 Å². The van der Waals surface area contributed by atoms with E-state index in [2.05, 4.69) is 30.7 Å². The summed E-state index contributed by atoms with van der Waals surface area (Å²) in [6.45, 7) is -2.32. The smallest absolute Gasteiger partial charge is 0.418 e. The van der Waals surface area contributed by atoms with E-state index in [1.165, 1.54) is 0 Å². The average Bonchev–Trinajstić information content (AvgIpc) is 3.62. The van der Waals surface area contributed by atoms with Gasteiger partial charge in [-0.25, -0.2) is 9.48 Å². The summed E-state index contributed by atoms with van der Waals surface area (Å²) < 4.78 is 158. The Kier molecular flexibility index (Phi) is 14.8. The van der Waals surface area contributed by atoms with E-state index in [-0.39, 0.29) is 10.4 Å². The molecule has 6 aromatic rings. The highest BCUT2D eigenvalue weighted by Crippen LogP contribution is 2.47. The number of hydrogen-bond acceptors (Lipinski definition) is 21. The molecule has 0 unspecified atom stereocenters. The Balaban J connectivity index is 1.53. The number of nitrogens with one attached hydrogen (secondary N) is 1. The molecule has 0 spiro atoms. The van der Waals surface area contributed by atoms with Crippen molar-refractivity contribution in [1.29, 1.82) is 0 Å². The first-order valence-corrected chi connectivity index (χ1v) is 23.2. The number of halogens is 3. The number of nitrogens with zero attached hydrogens (tertiary/aromatic N) is 8. The normalized spacial score (nSPS) is 12.7. The Morgan fingerprint density at radius 1 is 0.704 bits per heavy atom. The van der Waals surface area contributed by atoms with Crippen LogP contribution in [-0.4, -0.2) is 106 Å². The number of alkyl halides is 3. The number of non-ortho nitro benzene ring substituents is 1. The van der Waals surface area contributed by atoms with E-state index in [4.69, 9.17) is 9.47 Å². The number of carboxylic acid groups (broad SMARTS) is 1. The predicted molar refractivity (Wildman–Crippen MR) is 231 cm³/mol. The number of H-pyrrole nitrogens is 1. The van der Waals surface area contributed by atoms with Crippen molar-refractivity contribution < 1.29 is 91.7 Å². The molecule has 28 nitrogen and oxygen atoms in total. The largest absolute Gasteiger partial charge is 0.505 e. The van der Waals surface area contributed by atoms with Crippen LogP contribution >= 0.6 is 0 Å². The van der Waals surface area contributed by atoms with Crippen LogP contribution in [0.1, 0.15) is 16.1 Å². The third kappa shape index (κ3) is 11.3. The third-order valence-electron chi connectivity index (χ3n) is 9.18. The second kappa shape index (κ2) is 20.1. The molecule has 0 amide bonds. The molecule has 1 aromatic heterocycles. The zero-order chi connectivity index (χ0) is 52.4. The summed E-state index contributed by atoms with van der Waals surface area (Å²) in [6, 6.07) is 9.32. The maximum atomic E-state index is 13.7. The van der Waals surface area contributed by atoms with Crippen LogP contribution in [0.3, 0.4) is 0 Å². The minimum Gasteiger partial charge on any atom is -0.505 e. The number of hydrogen-bond donors (Lipinski definition) is 8. The third-order valence-corrected chi connectivity index (χ3v) is 11.9. The fourth-order valence-electron chi connectivity index (χ4n) is 6.22. The molecule has 0 aliphatic heterocycles. The topological polar surface area (TPSA) is 435 Å². The molecule has 0 aliphatic rings. The molecule has 0 saturated heterocycles. The Morgan fingerprint density at radius 2 is 1.25 bits per heavy atom. The summed E-state index contributed by atoms with van der Waals surface area (Å²) in [5.41, 5.74) is -10.6. The first-order chi connectivity index (χ1) is 33.2. The molecule has 374 valence electrons. The molecule has 5 aromatic carbocycles. The van der Waals surface area contributed by atoms with Gasteiger partial charge < -0.3 is 29.9 Å². The molecule has 0 saturated carbocycles. The number of fused-ring (bicyclic) bond motifs is 1. The van der Waals surface area contributed by atoms with Gasteiger partial charge in [0, 0.05) is 35.0 Å². The number of benzene rings is 5. The van der Waals surface area contributed by atoms with Gasteiger partial charge in [0.1, 0.15) is 62.1 Å². The number of aromatic hydroxyl groups is 1. The SMILES string of the molecule is O=C(O)c1[nH]n(-c2ccc3c(O)c(N=Nc4cc(OCCO)c(N=Nc5ccc([N+](=O)[O-])cc5S(=O)(=O)O)cc4OCCO)c(S(=O)(=O)O)cc3c2S(=O)(=O)O)c(=O)c1N=Nc1ccccc1C(F)(F)F. The number of aliphatic hydroxyl groups is 2. The molecule has 8 N–H and O–H groups in total. The van der Waals surface area contributed by atoms with Gasteiger partial charge in [0.15, 0.2) is 17.1 Å². The predicted octanol–water partition coefficient (Wildman–Crippen LogP) is 6.38. The van der Waals surface area contributed by atoms with Gasteiger partial charge in [-0.05, 0) is 36.4 Å². The van der Waals surface area contributed by atoms with E-state index in [1.54, 1.807) is 0 Å². The monoisotopic (exact) mass is 1060 g/mol. The molecular formula is C37H28F3N9O19S3. The summed E-state index contributed by atoms with van der Waals surface area (Å²) >= 11 is 0. The highest BCUT2D eigenvalue weighted by Gasteiger charge is 2.34. The van der Waals surface area contributed by atoms with Crippen LogP contribution in [0.15, 0.2) is 123 Å². The number of rotatable bonds is 18. The van der Waals surface area contributed by atoms with E-state index in [0.29, 0.717) is 24.3 Å². The number of ether oxygens (including phenoxy) is 2. The second-order valence-corrected chi connectivity index (χ2v) is 17.9. The van der Waals surface area contributed by atoms with Gasteiger partial charge in [0.05, 0.1) is 35.1 Å². The van der Waals surface area contributed by atoms with E-state index in [0.717, 1.165) is 48.5 Å². The molecule has 0 radical (unpaired) electrons. The number of aromatic amines is 1. The maximum Gasteiger partial charge on any atom is 0.418 e. The molecule has 1 heterocycles. The Hall–Kier alpha value is -8.12. The van der Waals surface area contributed by atoms with Crippen LogP contribution in [0.4, 0.5) is 53.0 Å². The molecular weight excluding hydrogens is 1030 g/mol. The van der Waals surface area contributed by atoms with Crippen LogP contribution in [0.25, 0.3) is 16.5 Å². The lowest BCUT2D eigenvalue weighted by Gasteiger charge is -2.15. The number of carbonyl (C=O) groups is 1. The van der Waals surface area contributed by atoms with E-state index in [9.17, 15) is 92.2 Å². The maximum absolute atomic E-state index is 13.7. The van der Waals surface area contributed by atoms with Gasteiger partial charge in [-0.3, -0.25) is 33.7 Å². The second-order valence-electron chi connectivity index (χ2n) is 13.7. The van der Waals surface area contributed by atoms with E-state index in [1.807, 2.05) is 5.10 Å². The van der Waals surface area contributed by atoms with E-state index >= 15 is 0 Å². The molecule has 0 fully saturated rings. The number of phenols is 1. The Bertz CT molecular complexity index is 3660. The minimum absolute atomic E-state index is 0.126. The number of carboxylic acids is 1. The van der Waals surface area contributed by atoms with Crippen molar-refractivity contribution in [3.05, 3.63) is 105 Å². The van der Waals surface area contributed by atoms with Crippen molar-refractivity contribution >= 4 is 86.9 Å². The zero-order valence-electron chi connectivity index (χ0n) is 34.7. The number of nitro groups is 1. The van der Waals surface area contributed by atoms with Crippen molar-refractivity contribution in [2.45, 2.75) is 20.9 Å². The first-order valence-electron chi connectivity index (χ1n) is 18.9. The number of aromatic carboxylic acids is 1. The first kappa shape index (κ1) is 52.3. The zero-order valence-corrected chi connectivity index (χ0v) is 37.2. The van der Waals surface area contributed by atoms with Gasteiger partial charge >= 0.3 is 12.1 Å². The molecule has 0 aliphatic carbocycles. The van der Waals surface area contributed by atoms with Crippen molar-refractivity contribution in [3.63, 3.8) is 0 Å². The molecule has 71 heavy (non-hydrogen) atoms. The standard InChI is InChI=1S/C37H28F3N9O19S3/c38-37(39,40)20-3-1-2-4-21(20)41-46-31-32(36(54)55)47-48(35(31)53)25-8-6-18-19(34(25)71(64,65)66)14-29(70(61,62)63)30(33(18)52)45-44-24-16-26(67-11-9-50)23(15-27(24)68-12-10-51)43-42-22-7-5-17(49(56)57)13-28(22)69(58,59)60/h1-8,13-16,47,50-52H,9-12H2,(H,54,55)(H,58,59,60)(H,61,62,63)(H,64,65,66). The quantitative estimate of drug-likeness (QED) is 0.0200. The van der Waals surface area contributed by atoms with Gasteiger partial charge in [0.2, 0.25) is 0 Å². The number of nitro benzene ring substituents is 1. The highest BCUT2D eigenvalue weighted by atomic mass is 32.2. The summed E-state index contributed by atoms with van der Waals surface area (Å²) in [7, 11) is -16.6. The fourth-order valence-corrected chi connectivity index (χ4v) is 8.38. The molecule has 0 bridgehead atoms. The average molecular weight is 1060 g/mol. The van der Waals surface area contributed by atoms with Gasteiger partial charge in [-0.15, -0.1) is 30.7 Å². The molecule has 0 atom stereocenters. The minimum atomic E-state index is -5.74. The van der Waals surface area contributed by atoms with Crippen molar-refractivity contribution in [2.24, 2.45) is 30.7 Å². The van der Waals surface area contributed by atoms with Gasteiger partial charge in [-0.1, -0.05) is 12.1 Å². The molecule has 34 heteroatoms. The lowest BCUT2D eigenvalue weighted by atomic mass is 10.1. The van der Waals surface area contributed by atoms with Gasteiger partial charge in [0.25, 0.3) is 41.6 Å². The van der Waals surface area contributed by atoms with Crippen molar-refractivity contribution in [2.75, 3.05) is 26.4 Å². The van der Waals surface area contributed by atoms with Crippen molar-refractivity contribution in [1.82, 2.24) is 9.78 Å². The van der Waals surface area contributed by atoms with Crippen LogP contribution in [0.2, 0.25) is 0 Å². The van der Waals surface area contributed by atoms with Crippen LogP contribution in [-0.2, 0) is 36.5 Å². The van der Waals surface area contributed by atoms with Crippen LogP contribution < -0.4 is 15.0 Å². The van der Waals surface area contributed by atoms with Crippen LogP contribution in [0.5, 0.6) is 17.2 Å². The lowest BCUT2D eigenvalue weighted by molar-refractivity contribution is -0.385. The fraction of sp³-hybridized carbons (Fsp3) is 0.135. The summed E-state index contributed by atoms with van der Waals surface area (Å²) in [6.07, 6.45) is -4.99. The molecule has 6 rings (SSSR count). The summed E-state index contributed by atoms with van der Waals surface area (Å²) in [4.78, 5) is 32.2. The number of aromatic nitrogens is 2. The lowest BCUT2D eigenvalue weighted by Crippen LogP contribution is -2.18. The van der Waals surface area contributed by atoms with E-state index < -0.39 is 173 Å². The Labute approximate surface area is 392 Å².